The summed E-state index contributed by atoms with van der Waals surface area (Å²) in [6, 6.07) is 3.95. The second-order valence-corrected chi connectivity index (χ2v) is 7.84. The van der Waals surface area contributed by atoms with Gasteiger partial charge < -0.3 is 23.8 Å². The molecule has 0 amide bonds. The molecule has 2 heterocycles. The minimum Gasteiger partial charge on any atom is -0.496 e. The molecule has 1 aromatic carbocycles. The highest BCUT2D eigenvalue weighted by molar-refractivity contribution is 9.10. The molecule has 0 atom stereocenters. The summed E-state index contributed by atoms with van der Waals surface area (Å²) < 4.78 is 13.8. The van der Waals surface area contributed by atoms with Crippen molar-refractivity contribution in [2.24, 2.45) is 7.05 Å². The van der Waals surface area contributed by atoms with Gasteiger partial charge in [-0.15, -0.1) is 0 Å². The molecule has 2 N–H and O–H groups in total. The van der Waals surface area contributed by atoms with Crippen LogP contribution in [0.4, 0.5) is 0 Å². The second-order valence-electron chi connectivity index (χ2n) is 6.99. The van der Waals surface area contributed by atoms with Gasteiger partial charge in [-0.3, -0.25) is 0 Å². The molecule has 1 aromatic heterocycles. The number of benzene rings is 1. The van der Waals surface area contributed by atoms with E-state index in [0.717, 1.165) is 59.5 Å². The minimum atomic E-state index is -0.253. The van der Waals surface area contributed by atoms with Crippen LogP contribution in [0.2, 0.25) is 0 Å². The van der Waals surface area contributed by atoms with E-state index in [0.29, 0.717) is 12.2 Å². The fourth-order valence-electron chi connectivity index (χ4n) is 3.73. The Balaban J connectivity index is 2.08. The van der Waals surface area contributed by atoms with Gasteiger partial charge in [0.05, 0.1) is 42.0 Å². The van der Waals surface area contributed by atoms with Gasteiger partial charge in [0.2, 0.25) is 0 Å². The highest BCUT2D eigenvalue weighted by Gasteiger charge is 2.28. The molecule has 1 aliphatic rings. The molecule has 26 heavy (non-hydrogen) atoms. The number of aryl methyl sites for hydroxylation is 1. The van der Waals surface area contributed by atoms with E-state index in [1.165, 1.54) is 4.90 Å². The molecule has 2 aromatic rings. The summed E-state index contributed by atoms with van der Waals surface area (Å²) in [5, 5.41) is 0.889. The number of esters is 1. The maximum Gasteiger partial charge on any atom is 0.340 e. The number of aromatic nitrogens is 1. The standard InChI is InChI=1S/C19H26BrN3O3/c1-5-26-19(24)18-13-10-17(25-4)14(20)11-15(13)22(3)16(18)12-23-8-6-21(2)7-9-23/h10-11H,5-9,12H2,1-4H3/p+2. The van der Waals surface area contributed by atoms with Crippen molar-refractivity contribution in [3.05, 3.63) is 27.9 Å². The fraction of sp³-hybridized carbons (Fsp3) is 0.526. The Labute approximate surface area is 162 Å². The van der Waals surface area contributed by atoms with Crippen molar-refractivity contribution in [1.82, 2.24) is 4.57 Å². The van der Waals surface area contributed by atoms with Crippen LogP contribution in [0.5, 0.6) is 5.75 Å². The smallest absolute Gasteiger partial charge is 0.340 e. The Hall–Kier alpha value is -1.57. The van der Waals surface area contributed by atoms with E-state index < -0.39 is 0 Å². The average Bonchev–Trinajstić information content (AvgIpc) is 2.88. The zero-order valence-corrected chi connectivity index (χ0v) is 17.5. The molecule has 0 aliphatic carbocycles. The number of methoxy groups -OCH3 is 1. The van der Waals surface area contributed by atoms with Crippen LogP contribution in [0.15, 0.2) is 16.6 Å². The molecule has 0 spiro atoms. The fourth-order valence-corrected chi connectivity index (χ4v) is 4.22. The number of ether oxygens (including phenoxy) is 2. The highest BCUT2D eigenvalue weighted by Crippen LogP contribution is 2.34. The number of hydrogen-bond acceptors (Lipinski definition) is 3. The van der Waals surface area contributed by atoms with Crippen LogP contribution in [-0.4, -0.2) is 57.5 Å². The molecule has 0 bridgehead atoms. The molecule has 1 aliphatic heterocycles. The maximum absolute atomic E-state index is 12.8. The number of rotatable bonds is 5. The first-order valence-electron chi connectivity index (χ1n) is 9.13. The quantitative estimate of drug-likeness (QED) is 0.664. The summed E-state index contributed by atoms with van der Waals surface area (Å²) in [5.74, 6) is 0.465. The van der Waals surface area contributed by atoms with E-state index in [9.17, 15) is 4.79 Å². The zero-order chi connectivity index (χ0) is 18.8. The van der Waals surface area contributed by atoms with E-state index in [4.69, 9.17) is 9.47 Å². The van der Waals surface area contributed by atoms with E-state index in [-0.39, 0.29) is 5.97 Å². The minimum absolute atomic E-state index is 0.253. The zero-order valence-electron chi connectivity index (χ0n) is 15.9. The third-order valence-corrected chi connectivity index (χ3v) is 5.92. The van der Waals surface area contributed by atoms with Gasteiger partial charge in [-0.05, 0) is 35.0 Å². The van der Waals surface area contributed by atoms with Gasteiger partial charge in [0.1, 0.15) is 38.5 Å². The van der Waals surface area contributed by atoms with Gasteiger partial charge in [-0.25, -0.2) is 4.79 Å². The number of carbonyl (C=O) groups excluding carboxylic acids is 1. The van der Waals surface area contributed by atoms with Gasteiger partial charge in [0.25, 0.3) is 0 Å². The lowest BCUT2D eigenvalue weighted by molar-refractivity contribution is -1.01. The van der Waals surface area contributed by atoms with Crippen LogP contribution in [0.25, 0.3) is 10.9 Å². The molecular formula is C19H28BrN3O3+2. The van der Waals surface area contributed by atoms with Gasteiger partial charge in [-0.1, -0.05) is 0 Å². The van der Waals surface area contributed by atoms with Crippen LogP contribution in [-0.2, 0) is 18.3 Å². The number of carbonyl (C=O) groups is 1. The Morgan fingerprint density at radius 2 is 1.96 bits per heavy atom. The lowest BCUT2D eigenvalue weighted by atomic mass is 10.1. The monoisotopic (exact) mass is 425 g/mol. The summed E-state index contributed by atoms with van der Waals surface area (Å²) in [5.41, 5.74) is 2.72. The second kappa shape index (κ2) is 7.98. The van der Waals surface area contributed by atoms with Crippen LogP contribution >= 0.6 is 15.9 Å². The van der Waals surface area contributed by atoms with Crippen LogP contribution in [0.3, 0.4) is 0 Å². The van der Waals surface area contributed by atoms with Crippen molar-refractivity contribution in [2.75, 3.05) is 46.9 Å². The first-order chi connectivity index (χ1) is 12.5. The average molecular weight is 426 g/mol. The third kappa shape index (κ3) is 3.61. The lowest BCUT2D eigenvalue weighted by Crippen LogP contribution is -3.26. The first-order valence-corrected chi connectivity index (χ1v) is 9.92. The van der Waals surface area contributed by atoms with Crippen molar-refractivity contribution in [1.29, 1.82) is 0 Å². The van der Waals surface area contributed by atoms with Crippen molar-refractivity contribution in [2.45, 2.75) is 13.5 Å². The Bertz CT molecular complexity index is 810. The van der Waals surface area contributed by atoms with E-state index in [2.05, 4.69) is 27.5 Å². The number of hydrogen-bond donors (Lipinski definition) is 2. The van der Waals surface area contributed by atoms with Crippen molar-refractivity contribution < 1.29 is 24.1 Å². The van der Waals surface area contributed by atoms with Crippen LogP contribution in [0, 0.1) is 0 Å². The van der Waals surface area contributed by atoms with Crippen molar-refractivity contribution >= 4 is 32.8 Å². The summed E-state index contributed by atoms with van der Waals surface area (Å²) >= 11 is 3.56. The van der Waals surface area contributed by atoms with Gasteiger partial charge in [-0.2, -0.15) is 0 Å². The largest absolute Gasteiger partial charge is 0.496 e. The summed E-state index contributed by atoms with van der Waals surface area (Å²) in [7, 11) is 5.90. The number of halogens is 1. The molecule has 7 heteroatoms. The van der Waals surface area contributed by atoms with Gasteiger partial charge in [0, 0.05) is 12.4 Å². The molecule has 0 unspecified atom stereocenters. The third-order valence-electron chi connectivity index (χ3n) is 5.30. The molecule has 0 saturated carbocycles. The maximum atomic E-state index is 12.8. The molecule has 6 nitrogen and oxygen atoms in total. The Kier molecular flexibility index (Phi) is 5.89. The molecule has 1 fully saturated rings. The molecule has 1 saturated heterocycles. The van der Waals surface area contributed by atoms with E-state index in [1.54, 1.807) is 12.0 Å². The molecule has 142 valence electrons. The number of piperazine rings is 1. The predicted molar refractivity (Wildman–Crippen MR) is 104 cm³/mol. The van der Waals surface area contributed by atoms with Gasteiger partial charge in [0.15, 0.2) is 0 Å². The first kappa shape index (κ1) is 19.2. The van der Waals surface area contributed by atoms with Crippen molar-refractivity contribution in [3.8, 4) is 5.75 Å². The Morgan fingerprint density at radius 1 is 1.27 bits per heavy atom. The van der Waals surface area contributed by atoms with Gasteiger partial charge >= 0.3 is 5.97 Å². The number of nitrogens with zero attached hydrogens (tertiary/aromatic N) is 1. The molecule has 3 rings (SSSR count). The number of fused-ring (bicyclic) bond motifs is 1. The summed E-state index contributed by atoms with van der Waals surface area (Å²) in [4.78, 5) is 15.9. The Morgan fingerprint density at radius 3 is 2.58 bits per heavy atom. The van der Waals surface area contributed by atoms with Crippen LogP contribution < -0.4 is 14.5 Å². The topological polar surface area (TPSA) is 49.3 Å². The SMILES string of the molecule is CCOC(=O)c1c(C[NH+]2CC[NH+](C)CC2)n(C)c2cc(Br)c(OC)cc12. The summed E-state index contributed by atoms with van der Waals surface area (Å²) in [6.45, 7) is 7.58. The number of likely N-dealkylation sites (N-methyl/N-ethyl adjacent to an activating group) is 1. The van der Waals surface area contributed by atoms with Crippen molar-refractivity contribution in [3.63, 3.8) is 0 Å². The normalized spacial score (nSPS) is 20.3. The lowest BCUT2D eigenvalue weighted by Gasteiger charge is -2.27. The van der Waals surface area contributed by atoms with E-state index in [1.807, 2.05) is 26.1 Å². The predicted octanol–water partition coefficient (Wildman–Crippen LogP) is 0.0393. The highest BCUT2D eigenvalue weighted by atomic mass is 79.9. The molecular weight excluding hydrogens is 398 g/mol. The number of quaternary nitrogens is 2. The van der Waals surface area contributed by atoms with Crippen LogP contribution in [0.1, 0.15) is 23.0 Å². The molecule has 0 radical (unpaired) electrons. The van der Waals surface area contributed by atoms with E-state index >= 15 is 0 Å². The number of nitrogens with one attached hydrogen (secondary N) is 2. The summed E-state index contributed by atoms with van der Waals surface area (Å²) in [6.07, 6.45) is 0.